The normalized spacial score (nSPS) is 11.1. The highest BCUT2D eigenvalue weighted by Crippen LogP contribution is 2.22. The molecular formula is C19H25FN2. The number of aryl methyl sites for hydroxylation is 1. The molecule has 0 atom stereocenters. The van der Waals surface area contributed by atoms with E-state index in [4.69, 9.17) is 5.73 Å². The lowest BCUT2D eigenvalue weighted by Gasteiger charge is -2.13. The van der Waals surface area contributed by atoms with E-state index in [1.807, 2.05) is 12.1 Å². The van der Waals surface area contributed by atoms with Crippen LogP contribution in [-0.2, 0) is 19.4 Å². The van der Waals surface area contributed by atoms with Gasteiger partial charge in [0.05, 0.1) is 0 Å². The fourth-order valence-corrected chi connectivity index (χ4v) is 2.83. The molecule has 1 aromatic carbocycles. The second-order valence-corrected chi connectivity index (χ2v) is 6.29. The Labute approximate surface area is 132 Å². The minimum atomic E-state index is -0.192. The lowest BCUT2D eigenvalue weighted by molar-refractivity contribution is 0.577. The van der Waals surface area contributed by atoms with Crippen molar-refractivity contribution in [3.8, 4) is 0 Å². The maximum atomic E-state index is 13.0. The van der Waals surface area contributed by atoms with Crippen LogP contribution < -0.4 is 5.73 Å². The molecule has 0 radical (unpaired) electrons. The summed E-state index contributed by atoms with van der Waals surface area (Å²) < 4.78 is 15.3. The maximum Gasteiger partial charge on any atom is 0.123 e. The molecule has 0 fully saturated rings. The summed E-state index contributed by atoms with van der Waals surface area (Å²) in [5.41, 5.74) is 11.1. The van der Waals surface area contributed by atoms with Crippen LogP contribution >= 0.6 is 0 Å². The molecule has 1 aromatic heterocycles. The Bertz CT molecular complexity index is 651. The lowest BCUT2D eigenvalue weighted by atomic mass is 10.1. The van der Waals surface area contributed by atoms with E-state index in [1.54, 1.807) is 0 Å². The van der Waals surface area contributed by atoms with Gasteiger partial charge in [0.1, 0.15) is 5.82 Å². The van der Waals surface area contributed by atoms with Crippen molar-refractivity contribution in [3.05, 3.63) is 65.2 Å². The minimum Gasteiger partial charge on any atom is -0.399 e. The Balaban J connectivity index is 2.24. The number of nitrogens with zero attached hydrogens (tertiary/aromatic N) is 1. The molecule has 0 amide bonds. The van der Waals surface area contributed by atoms with E-state index in [0.29, 0.717) is 11.6 Å². The summed E-state index contributed by atoms with van der Waals surface area (Å²) in [7, 11) is 0. The van der Waals surface area contributed by atoms with Crippen LogP contribution in [0, 0.1) is 18.7 Å². The number of rotatable bonds is 6. The first-order chi connectivity index (χ1) is 10.4. The Hall–Kier alpha value is -2.03. The molecule has 0 aliphatic heterocycles. The summed E-state index contributed by atoms with van der Waals surface area (Å²) in [6, 6.07) is 8.88. The zero-order valence-corrected chi connectivity index (χ0v) is 13.7. The third kappa shape index (κ3) is 3.79. The Kier molecular flexibility index (Phi) is 5.07. The van der Waals surface area contributed by atoms with Gasteiger partial charge in [-0.3, -0.25) is 0 Å². The van der Waals surface area contributed by atoms with Crippen LogP contribution in [-0.4, -0.2) is 4.57 Å². The molecule has 22 heavy (non-hydrogen) atoms. The summed E-state index contributed by atoms with van der Waals surface area (Å²) in [5, 5.41) is 0. The fourth-order valence-electron chi connectivity index (χ4n) is 2.83. The molecule has 2 rings (SSSR count). The van der Waals surface area contributed by atoms with Crippen LogP contribution in [0.3, 0.4) is 0 Å². The average molecular weight is 300 g/mol. The molecule has 0 saturated carbocycles. The van der Waals surface area contributed by atoms with E-state index in [1.165, 1.54) is 17.8 Å². The first-order valence-corrected chi connectivity index (χ1v) is 7.76. The Morgan fingerprint density at radius 1 is 1.27 bits per heavy atom. The highest BCUT2D eigenvalue weighted by Gasteiger charge is 2.13. The van der Waals surface area contributed by atoms with Crippen molar-refractivity contribution >= 4 is 5.70 Å². The number of benzene rings is 1. The molecule has 0 spiro atoms. The van der Waals surface area contributed by atoms with Gasteiger partial charge in [0.25, 0.3) is 0 Å². The first kappa shape index (κ1) is 16.3. The molecule has 0 bridgehead atoms. The van der Waals surface area contributed by atoms with Crippen LogP contribution in [0.4, 0.5) is 4.39 Å². The standard InChI is InChI=1S/C19H25FN2/c1-13(2)11-18-12-19(14(3)21)15(4)22(18)10-9-16-5-7-17(20)8-6-16/h5-8,12-13H,3,9-11,21H2,1-2,4H3. The van der Waals surface area contributed by atoms with Gasteiger partial charge < -0.3 is 10.3 Å². The topological polar surface area (TPSA) is 30.9 Å². The summed E-state index contributed by atoms with van der Waals surface area (Å²) in [4.78, 5) is 0. The molecule has 2 nitrogen and oxygen atoms in total. The Morgan fingerprint density at radius 3 is 2.45 bits per heavy atom. The van der Waals surface area contributed by atoms with E-state index in [-0.39, 0.29) is 5.82 Å². The van der Waals surface area contributed by atoms with Gasteiger partial charge in [0.2, 0.25) is 0 Å². The molecule has 3 heteroatoms. The SMILES string of the molecule is C=C(N)c1cc(CC(C)C)n(CCc2ccc(F)cc2)c1C. The predicted molar refractivity (Wildman–Crippen MR) is 91.0 cm³/mol. The largest absolute Gasteiger partial charge is 0.399 e. The number of hydrogen-bond acceptors (Lipinski definition) is 1. The van der Waals surface area contributed by atoms with Crippen molar-refractivity contribution in [1.29, 1.82) is 0 Å². The molecule has 2 N–H and O–H groups in total. The second kappa shape index (κ2) is 6.82. The van der Waals surface area contributed by atoms with Gasteiger partial charge in [-0.1, -0.05) is 32.6 Å². The molecule has 1 heterocycles. The second-order valence-electron chi connectivity index (χ2n) is 6.29. The van der Waals surface area contributed by atoms with Gasteiger partial charge in [0, 0.05) is 29.2 Å². The van der Waals surface area contributed by atoms with Gasteiger partial charge in [-0.15, -0.1) is 0 Å². The zero-order valence-electron chi connectivity index (χ0n) is 13.7. The highest BCUT2D eigenvalue weighted by atomic mass is 19.1. The molecule has 2 aromatic rings. The quantitative estimate of drug-likeness (QED) is 0.847. The van der Waals surface area contributed by atoms with E-state index >= 15 is 0 Å². The zero-order chi connectivity index (χ0) is 16.3. The smallest absolute Gasteiger partial charge is 0.123 e. The minimum absolute atomic E-state index is 0.192. The molecular weight excluding hydrogens is 275 g/mol. The summed E-state index contributed by atoms with van der Waals surface area (Å²) >= 11 is 0. The molecule has 0 unspecified atom stereocenters. The molecule has 0 aliphatic rings. The molecule has 0 aliphatic carbocycles. The summed E-state index contributed by atoms with van der Waals surface area (Å²) in [6.07, 6.45) is 1.88. The maximum absolute atomic E-state index is 13.0. The number of nitrogens with two attached hydrogens (primary N) is 1. The van der Waals surface area contributed by atoms with Crippen LogP contribution in [0.2, 0.25) is 0 Å². The number of hydrogen-bond donors (Lipinski definition) is 1. The van der Waals surface area contributed by atoms with E-state index in [9.17, 15) is 4.39 Å². The van der Waals surface area contributed by atoms with Crippen molar-refractivity contribution in [2.24, 2.45) is 11.7 Å². The highest BCUT2D eigenvalue weighted by molar-refractivity contribution is 5.63. The van der Waals surface area contributed by atoms with Crippen LogP contribution in [0.1, 0.15) is 36.4 Å². The van der Waals surface area contributed by atoms with Crippen molar-refractivity contribution in [2.45, 2.75) is 40.2 Å². The van der Waals surface area contributed by atoms with Crippen molar-refractivity contribution in [1.82, 2.24) is 4.57 Å². The lowest BCUT2D eigenvalue weighted by Crippen LogP contribution is -2.10. The van der Waals surface area contributed by atoms with Gasteiger partial charge in [-0.25, -0.2) is 4.39 Å². The van der Waals surface area contributed by atoms with Gasteiger partial charge in [-0.2, -0.15) is 0 Å². The van der Waals surface area contributed by atoms with Crippen molar-refractivity contribution in [2.75, 3.05) is 0 Å². The third-order valence-electron chi connectivity index (χ3n) is 3.95. The number of aromatic nitrogens is 1. The predicted octanol–water partition coefficient (Wildman–Crippen LogP) is 4.31. The van der Waals surface area contributed by atoms with Crippen LogP contribution in [0.15, 0.2) is 36.9 Å². The van der Waals surface area contributed by atoms with Gasteiger partial charge >= 0.3 is 0 Å². The summed E-state index contributed by atoms with van der Waals surface area (Å²) in [5.74, 6) is 0.390. The third-order valence-corrected chi connectivity index (χ3v) is 3.95. The average Bonchev–Trinajstić information content (AvgIpc) is 2.74. The van der Waals surface area contributed by atoms with Gasteiger partial charge in [-0.05, 0) is 49.4 Å². The van der Waals surface area contributed by atoms with E-state index < -0.39 is 0 Å². The number of halogens is 1. The van der Waals surface area contributed by atoms with Gasteiger partial charge in [0.15, 0.2) is 0 Å². The monoisotopic (exact) mass is 300 g/mol. The Morgan fingerprint density at radius 2 is 1.91 bits per heavy atom. The fraction of sp³-hybridized carbons (Fsp3) is 0.368. The first-order valence-electron chi connectivity index (χ1n) is 7.76. The van der Waals surface area contributed by atoms with Crippen LogP contribution in [0.25, 0.3) is 5.70 Å². The summed E-state index contributed by atoms with van der Waals surface area (Å²) in [6.45, 7) is 11.2. The van der Waals surface area contributed by atoms with E-state index in [2.05, 4.69) is 38.0 Å². The van der Waals surface area contributed by atoms with E-state index in [0.717, 1.165) is 36.2 Å². The van der Waals surface area contributed by atoms with Crippen molar-refractivity contribution < 1.29 is 4.39 Å². The van der Waals surface area contributed by atoms with Crippen molar-refractivity contribution in [3.63, 3.8) is 0 Å². The molecule has 118 valence electrons. The van der Waals surface area contributed by atoms with Crippen LogP contribution in [0.5, 0.6) is 0 Å². The molecule has 0 saturated heterocycles.